The van der Waals surface area contributed by atoms with E-state index in [4.69, 9.17) is 0 Å². The Hall–Kier alpha value is -2.97. The fourth-order valence-corrected chi connectivity index (χ4v) is 5.66. The van der Waals surface area contributed by atoms with Crippen LogP contribution in [-0.2, 0) is 21.4 Å². The molecular weight excluding hydrogens is 424 g/mol. The average Bonchev–Trinajstić information content (AvgIpc) is 3.12. The minimum Gasteiger partial charge on any atom is -0.352 e. The summed E-state index contributed by atoms with van der Waals surface area (Å²) in [5.74, 6) is -0.227. The van der Waals surface area contributed by atoms with Crippen LogP contribution in [0.4, 0.5) is 0 Å². The zero-order valence-corrected chi connectivity index (χ0v) is 19.2. The number of sulfonamides is 1. The molecule has 4 rings (SSSR count). The molecular formula is C24H28N4O3S. The standard InChI is InChI=1S/C24H28N4O3S/c1-18-23(19(2)28(26-18)21-9-5-3-6-10-21)17-25-24(29)20-13-15-27(16-14-20)32(30,31)22-11-7-4-8-12-22/h3-12,20H,13-17H2,1-2H3,(H,25,29). The first-order valence-electron chi connectivity index (χ1n) is 10.8. The minimum atomic E-state index is -3.51. The molecule has 1 aliphatic rings. The fourth-order valence-electron chi connectivity index (χ4n) is 4.17. The van der Waals surface area contributed by atoms with Gasteiger partial charge in [-0.05, 0) is 51.0 Å². The Morgan fingerprint density at radius 1 is 1.00 bits per heavy atom. The Labute approximate surface area is 189 Å². The number of piperidine rings is 1. The predicted molar refractivity (Wildman–Crippen MR) is 123 cm³/mol. The van der Waals surface area contributed by atoms with Crippen LogP contribution < -0.4 is 5.32 Å². The number of hydrogen-bond acceptors (Lipinski definition) is 4. The van der Waals surface area contributed by atoms with E-state index in [1.807, 2.05) is 48.9 Å². The van der Waals surface area contributed by atoms with Crippen molar-refractivity contribution in [2.45, 2.75) is 38.1 Å². The minimum absolute atomic E-state index is 0.0342. The largest absolute Gasteiger partial charge is 0.352 e. The highest BCUT2D eigenvalue weighted by Crippen LogP contribution is 2.24. The first-order chi connectivity index (χ1) is 15.4. The topological polar surface area (TPSA) is 84.3 Å². The van der Waals surface area contributed by atoms with E-state index in [0.717, 1.165) is 22.6 Å². The maximum absolute atomic E-state index is 12.8. The van der Waals surface area contributed by atoms with Crippen LogP contribution in [0.1, 0.15) is 29.8 Å². The molecule has 2 aromatic carbocycles. The lowest BCUT2D eigenvalue weighted by molar-refractivity contribution is -0.126. The number of amides is 1. The molecule has 1 saturated heterocycles. The highest BCUT2D eigenvalue weighted by atomic mass is 32.2. The van der Waals surface area contributed by atoms with E-state index in [-0.39, 0.29) is 11.8 Å². The van der Waals surface area contributed by atoms with Gasteiger partial charge in [0.25, 0.3) is 0 Å². The van der Waals surface area contributed by atoms with Gasteiger partial charge in [-0.3, -0.25) is 4.79 Å². The summed E-state index contributed by atoms with van der Waals surface area (Å²) >= 11 is 0. The molecule has 0 unspecified atom stereocenters. The van der Waals surface area contributed by atoms with E-state index in [9.17, 15) is 13.2 Å². The number of aryl methyl sites for hydroxylation is 1. The number of aromatic nitrogens is 2. The van der Waals surface area contributed by atoms with Crippen LogP contribution in [0, 0.1) is 19.8 Å². The average molecular weight is 453 g/mol. The second-order valence-corrected chi connectivity index (χ2v) is 10.0. The van der Waals surface area contributed by atoms with Crippen LogP contribution in [0.3, 0.4) is 0 Å². The van der Waals surface area contributed by atoms with Gasteiger partial charge >= 0.3 is 0 Å². The molecule has 7 nitrogen and oxygen atoms in total. The molecule has 0 bridgehead atoms. The monoisotopic (exact) mass is 452 g/mol. The van der Waals surface area contributed by atoms with Crippen LogP contribution in [0.15, 0.2) is 65.6 Å². The second kappa shape index (κ2) is 9.26. The van der Waals surface area contributed by atoms with Crippen LogP contribution in [0.25, 0.3) is 5.69 Å². The van der Waals surface area contributed by atoms with Gasteiger partial charge in [0, 0.05) is 36.8 Å². The van der Waals surface area contributed by atoms with Crippen molar-refractivity contribution in [3.63, 3.8) is 0 Å². The molecule has 0 spiro atoms. The molecule has 1 fully saturated rings. The van der Waals surface area contributed by atoms with Crippen molar-refractivity contribution >= 4 is 15.9 Å². The van der Waals surface area contributed by atoms with Crippen LogP contribution >= 0.6 is 0 Å². The summed E-state index contributed by atoms with van der Waals surface area (Å²) in [6.07, 6.45) is 1.03. The number of hydrogen-bond donors (Lipinski definition) is 1. The number of nitrogens with one attached hydrogen (secondary N) is 1. The molecule has 8 heteroatoms. The normalized spacial score (nSPS) is 15.6. The smallest absolute Gasteiger partial charge is 0.243 e. The van der Waals surface area contributed by atoms with Gasteiger partial charge in [-0.2, -0.15) is 9.40 Å². The lowest BCUT2D eigenvalue weighted by Gasteiger charge is -2.30. The van der Waals surface area contributed by atoms with E-state index in [2.05, 4.69) is 10.4 Å². The molecule has 1 aromatic heterocycles. The van der Waals surface area contributed by atoms with Gasteiger partial charge in [0.05, 0.1) is 16.3 Å². The maximum atomic E-state index is 12.8. The summed E-state index contributed by atoms with van der Waals surface area (Å²) < 4.78 is 28.9. The van der Waals surface area contributed by atoms with E-state index in [1.165, 1.54) is 4.31 Å². The first-order valence-corrected chi connectivity index (χ1v) is 12.3. The summed E-state index contributed by atoms with van der Waals surface area (Å²) in [5, 5.41) is 7.67. The molecule has 0 radical (unpaired) electrons. The van der Waals surface area contributed by atoms with Crippen molar-refractivity contribution in [2.24, 2.45) is 5.92 Å². The molecule has 32 heavy (non-hydrogen) atoms. The molecule has 3 aromatic rings. The SMILES string of the molecule is Cc1nn(-c2ccccc2)c(C)c1CNC(=O)C1CCN(S(=O)(=O)c2ccccc2)CC1. The van der Waals surface area contributed by atoms with Crippen molar-refractivity contribution in [1.29, 1.82) is 0 Å². The maximum Gasteiger partial charge on any atom is 0.243 e. The molecule has 1 amide bonds. The molecule has 2 heterocycles. The number of carbonyl (C=O) groups excluding carboxylic acids is 1. The third-order valence-corrected chi connectivity index (χ3v) is 8.00. The first kappa shape index (κ1) is 22.2. The molecule has 1 N–H and O–H groups in total. The summed E-state index contributed by atoms with van der Waals surface area (Å²) in [4.78, 5) is 13.1. The molecule has 0 aliphatic carbocycles. The summed E-state index contributed by atoms with van der Waals surface area (Å²) in [6, 6.07) is 18.3. The van der Waals surface area contributed by atoms with Crippen molar-refractivity contribution in [3.05, 3.63) is 77.6 Å². The zero-order valence-electron chi connectivity index (χ0n) is 18.4. The van der Waals surface area contributed by atoms with Gasteiger partial charge in [0.2, 0.25) is 15.9 Å². The van der Waals surface area contributed by atoms with Gasteiger partial charge in [0.15, 0.2) is 0 Å². The van der Waals surface area contributed by atoms with Crippen LogP contribution in [0.5, 0.6) is 0 Å². The van der Waals surface area contributed by atoms with Gasteiger partial charge in [-0.1, -0.05) is 36.4 Å². The van der Waals surface area contributed by atoms with Crippen LogP contribution in [0.2, 0.25) is 0 Å². The predicted octanol–water partition coefficient (Wildman–Crippen LogP) is 3.21. The number of para-hydroxylation sites is 1. The Morgan fingerprint density at radius 2 is 1.59 bits per heavy atom. The Bertz CT molecular complexity index is 1180. The zero-order chi connectivity index (χ0) is 22.7. The van der Waals surface area contributed by atoms with E-state index in [0.29, 0.717) is 37.4 Å². The van der Waals surface area contributed by atoms with Crippen molar-refractivity contribution in [1.82, 2.24) is 19.4 Å². The number of nitrogens with zero attached hydrogens (tertiary/aromatic N) is 3. The molecule has 0 saturated carbocycles. The Balaban J connectivity index is 1.36. The number of rotatable bonds is 6. The van der Waals surface area contributed by atoms with Gasteiger partial charge in [-0.25, -0.2) is 13.1 Å². The van der Waals surface area contributed by atoms with Crippen molar-refractivity contribution in [3.8, 4) is 5.69 Å². The van der Waals surface area contributed by atoms with Crippen molar-refractivity contribution < 1.29 is 13.2 Å². The fraction of sp³-hybridized carbons (Fsp3) is 0.333. The summed E-state index contributed by atoms with van der Waals surface area (Å²) in [6.45, 7) is 5.05. The lowest BCUT2D eigenvalue weighted by Crippen LogP contribution is -2.42. The molecule has 0 atom stereocenters. The third kappa shape index (κ3) is 4.47. The van der Waals surface area contributed by atoms with E-state index >= 15 is 0 Å². The second-order valence-electron chi connectivity index (χ2n) is 8.11. The van der Waals surface area contributed by atoms with Gasteiger partial charge in [0.1, 0.15) is 0 Å². The van der Waals surface area contributed by atoms with E-state index < -0.39 is 10.0 Å². The summed E-state index contributed by atoms with van der Waals surface area (Å²) in [5.41, 5.74) is 3.87. The van der Waals surface area contributed by atoms with Crippen LogP contribution in [-0.4, -0.2) is 41.5 Å². The highest BCUT2D eigenvalue weighted by Gasteiger charge is 2.32. The third-order valence-electron chi connectivity index (χ3n) is 6.09. The summed E-state index contributed by atoms with van der Waals surface area (Å²) in [7, 11) is -3.51. The molecule has 1 aliphatic heterocycles. The Morgan fingerprint density at radius 3 is 2.22 bits per heavy atom. The Kier molecular flexibility index (Phi) is 6.43. The quantitative estimate of drug-likeness (QED) is 0.622. The van der Waals surface area contributed by atoms with Gasteiger partial charge < -0.3 is 5.32 Å². The number of carbonyl (C=O) groups is 1. The van der Waals surface area contributed by atoms with Gasteiger partial charge in [-0.15, -0.1) is 0 Å². The molecule has 168 valence electrons. The lowest BCUT2D eigenvalue weighted by atomic mass is 9.97. The van der Waals surface area contributed by atoms with E-state index in [1.54, 1.807) is 30.3 Å². The van der Waals surface area contributed by atoms with Crippen molar-refractivity contribution in [2.75, 3.05) is 13.1 Å². The highest BCUT2D eigenvalue weighted by molar-refractivity contribution is 7.89. The number of benzene rings is 2.